The van der Waals surface area contributed by atoms with Gasteiger partial charge in [-0.05, 0) is 27.4 Å². The fraction of sp³-hybridized carbons (Fsp3) is 0.261. The van der Waals surface area contributed by atoms with Crippen LogP contribution in [0, 0.1) is 0 Å². The third-order valence-corrected chi connectivity index (χ3v) is 6.81. The van der Waals surface area contributed by atoms with E-state index in [1.54, 1.807) is 6.20 Å². The van der Waals surface area contributed by atoms with Gasteiger partial charge in [0.05, 0.1) is 18.9 Å². The van der Waals surface area contributed by atoms with Gasteiger partial charge in [-0.3, -0.25) is 9.82 Å². The van der Waals surface area contributed by atoms with Gasteiger partial charge in [-0.25, -0.2) is 5.90 Å². The van der Waals surface area contributed by atoms with Gasteiger partial charge < -0.3 is 4.43 Å². The molecule has 1 aromatic heterocycles. The van der Waals surface area contributed by atoms with Crippen molar-refractivity contribution in [2.24, 2.45) is 5.90 Å². The smallest absolute Gasteiger partial charge is 0.283 e. The summed E-state index contributed by atoms with van der Waals surface area (Å²) in [6.07, 6.45) is 1.77. The van der Waals surface area contributed by atoms with Crippen LogP contribution in [0.15, 0.2) is 72.9 Å². The number of benzene rings is 2. The summed E-state index contributed by atoms with van der Waals surface area (Å²) in [5.74, 6) is 5.27. The van der Waals surface area contributed by atoms with Crippen LogP contribution in [0.4, 0.5) is 0 Å². The van der Waals surface area contributed by atoms with E-state index >= 15 is 0 Å². The predicted octanol–water partition coefficient (Wildman–Crippen LogP) is 3.09. The topological polar surface area (TPSA) is 57.4 Å². The standard InChI is InChI=1S/C23H27N2O2Si/c1-23(2,3)20-13-7-8-14-22(20)28(19-11-5-4-6-12-19)27-17-21-18(16-26-24)10-9-15-25-21/h4-15H,16-17,24H2,1-3H3. The van der Waals surface area contributed by atoms with Gasteiger partial charge in [0.15, 0.2) is 0 Å². The molecule has 0 bridgehead atoms. The van der Waals surface area contributed by atoms with Crippen LogP contribution >= 0.6 is 0 Å². The third-order valence-electron chi connectivity index (χ3n) is 4.59. The first-order chi connectivity index (χ1) is 13.5. The Morgan fingerprint density at radius 1 is 0.893 bits per heavy atom. The molecule has 0 amide bonds. The lowest BCUT2D eigenvalue weighted by molar-refractivity contribution is 0.122. The van der Waals surface area contributed by atoms with Crippen molar-refractivity contribution < 1.29 is 9.26 Å². The molecule has 2 aromatic carbocycles. The predicted molar refractivity (Wildman–Crippen MR) is 115 cm³/mol. The van der Waals surface area contributed by atoms with Gasteiger partial charge in [-0.15, -0.1) is 0 Å². The lowest BCUT2D eigenvalue weighted by Crippen LogP contribution is -2.48. The van der Waals surface area contributed by atoms with Crippen molar-refractivity contribution in [3.05, 3.63) is 89.7 Å². The van der Waals surface area contributed by atoms with Gasteiger partial charge in [0.2, 0.25) is 0 Å². The van der Waals surface area contributed by atoms with Crippen LogP contribution in [0.2, 0.25) is 0 Å². The Morgan fingerprint density at radius 3 is 2.32 bits per heavy atom. The molecular weight excluding hydrogens is 364 g/mol. The van der Waals surface area contributed by atoms with Gasteiger partial charge in [-0.1, -0.05) is 81.4 Å². The first kappa shape index (κ1) is 20.4. The van der Waals surface area contributed by atoms with E-state index in [9.17, 15) is 0 Å². The Kier molecular flexibility index (Phi) is 6.75. The minimum absolute atomic E-state index is 0.0359. The molecule has 1 radical (unpaired) electrons. The maximum atomic E-state index is 6.57. The Hall–Kier alpha value is -2.31. The highest BCUT2D eigenvalue weighted by Gasteiger charge is 2.27. The van der Waals surface area contributed by atoms with Crippen molar-refractivity contribution >= 4 is 19.4 Å². The van der Waals surface area contributed by atoms with Crippen LogP contribution in [0.5, 0.6) is 0 Å². The molecule has 28 heavy (non-hydrogen) atoms. The summed E-state index contributed by atoms with van der Waals surface area (Å²) < 4.78 is 6.57. The lowest BCUT2D eigenvalue weighted by atomic mass is 9.87. The van der Waals surface area contributed by atoms with Gasteiger partial charge in [-0.2, -0.15) is 0 Å². The van der Waals surface area contributed by atoms with E-state index in [4.69, 9.17) is 15.2 Å². The van der Waals surface area contributed by atoms with E-state index in [1.807, 2.05) is 18.2 Å². The average molecular weight is 392 g/mol. The molecule has 4 nitrogen and oxygen atoms in total. The number of hydrogen-bond donors (Lipinski definition) is 1. The molecule has 0 aliphatic rings. The second-order valence-electron chi connectivity index (χ2n) is 7.70. The molecule has 3 rings (SSSR count). The van der Waals surface area contributed by atoms with E-state index < -0.39 is 9.04 Å². The molecule has 0 saturated carbocycles. The second kappa shape index (κ2) is 9.25. The largest absolute Gasteiger partial charge is 0.401 e. The van der Waals surface area contributed by atoms with Crippen LogP contribution in [-0.4, -0.2) is 14.0 Å². The molecule has 0 spiro atoms. The van der Waals surface area contributed by atoms with Crippen molar-refractivity contribution in [1.82, 2.24) is 4.98 Å². The monoisotopic (exact) mass is 391 g/mol. The summed E-state index contributed by atoms with van der Waals surface area (Å²) >= 11 is 0. The molecular formula is C23H27N2O2Si. The molecule has 0 aliphatic carbocycles. The Bertz CT molecular complexity index is 894. The SMILES string of the molecule is CC(C)(C)c1ccccc1[Si](OCc1ncccc1CON)c1ccccc1. The van der Waals surface area contributed by atoms with Crippen LogP contribution in [0.3, 0.4) is 0 Å². The Balaban J connectivity index is 1.97. The van der Waals surface area contributed by atoms with Crippen LogP contribution in [-0.2, 0) is 27.9 Å². The quantitative estimate of drug-likeness (QED) is 0.497. The molecule has 0 saturated heterocycles. The van der Waals surface area contributed by atoms with E-state index in [0.717, 1.165) is 11.3 Å². The molecule has 1 heterocycles. The molecule has 2 N–H and O–H groups in total. The van der Waals surface area contributed by atoms with Crippen molar-refractivity contribution in [3.8, 4) is 0 Å². The molecule has 5 heteroatoms. The summed E-state index contributed by atoms with van der Waals surface area (Å²) in [7, 11) is -1.45. The minimum atomic E-state index is -1.45. The van der Waals surface area contributed by atoms with Gasteiger partial charge >= 0.3 is 0 Å². The Morgan fingerprint density at radius 2 is 1.61 bits per heavy atom. The number of rotatable bonds is 7. The number of pyridine rings is 1. The zero-order chi connectivity index (χ0) is 20.0. The van der Waals surface area contributed by atoms with Crippen molar-refractivity contribution in [2.45, 2.75) is 39.4 Å². The van der Waals surface area contributed by atoms with Crippen LogP contribution in [0.25, 0.3) is 0 Å². The summed E-state index contributed by atoms with van der Waals surface area (Å²) in [6, 6.07) is 22.9. The van der Waals surface area contributed by atoms with Crippen LogP contribution < -0.4 is 16.3 Å². The third kappa shape index (κ3) is 4.94. The maximum Gasteiger partial charge on any atom is 0.283 e. The fourth-order valence-corrected chi connectivity index (χ4v) is 5.56. The van der Waals surface area contributed by atoms with E-state index in [1.165, 1.54) is 15.9 Å². The highest BCUT2D eigenvalue weighted by Crippen LogP contribution is 2.21. The number of nitrogens with zero attached hydrogens (tertiary/aromatic N) is 1. The maximum absolute atomic E-state index is 6.57. The van der Waals surface area contributed by atoms with Gasteiger partial charge in [0.25, 0.3) is 9.04 Å². The highest BCUT2D eigenvalue weighted by atomic mass is 28.3. The average Bonchev–Trinajstić information content (AvgIpc) is 2.70. The molecule has 0 unspecified atom stereocenters. The lowest BCUT2D eigenvalue weighted by Gasteiger charge is -2.26. The van der Waals surface area contributed by atoms with Crippen molar-refractivity contribution in [1.29, 1.82) is 0 Å². The number of hydrogen-bond acceptors (Lipinski definition) is 4. The van der Waals surface area contributed by atoms with E-state index in [-0.39, 0.29) is 5.41 Å². The zero-order valence-corrected chi connectivity index (χ0v) is 17.7. The summed E-state index contributed by atoms with van der Waals surface area (Å²) in [6.45, 7) is 7.46. The van der Waals surface area contributed by atoms with Crippen molar-refractivity contribution in [3.63, 3.8) is 0 Å². The highest BCUT2D eigenvalue weighted by molar-refractivity contribution is 6.80. The Labute approximate surface area is 169 Å². The van der Waals surface area contributed by atoms with E-state index in [0.29, 0.717) is 13.2 Å². The first-order valence-corrected chi connectivity index (χ1v) is 10.8. The molecule has 0 aliphatic heterocycles. The first-order valence-electron chi connectivity index (χ1n) is 9.40. The number of aromatic nitrogens is 1. The summed E-state index contributed by atoms with van der Waals surface area (Å²) in [5.41, 5.74) is 3.16. The molecule has 0 atom stereocenters. The summed E-state index contributed by atoms with van der Waals surface area (Å²) in [4.78, 5) is 9.30. The zero-order valence-electron chi connectivity index (χ0n) is 16.7. The normalized spacial score (nSPS) is 11.8. The molecule has 145 valence electrons. The van der Waals surface area contributed by atoms with E-state index in [2.05, 4.69) is 74.3 Å². The minimum Gasteiger partial charge on any atom is -0.401 e. The fourth-order valence-electron chi connectivity index (χ4n) is 3.20. The summed E-state index contributed by atoms with van der Waals surface area (Å²) in [5, 5.41) is 2.50. The molecule has 0 fully saturated rings. The van der Waals surface area contributed by atoms with Gasteiger partial charge in [0, 0.05) is 11.8 Å². The number of nitrogens with two attached hydrogens (primary N) is 1. The second-order valence-corrected chi connectivity index (χ2v) is 9.76. The van der Waals surface area contributed by atoms with Crippen molar-refractivity contribution in [2.75, 3.05) is 0 Å². The molecule has 3 aromatic rings. The van der Waals surface area contributed by atoms with Crippen LogP contribution in [0.1, 0.15) is 37.6 Å². The van der Waals surface area contributed by atoms with Gasteiger partial charge in [0.1, 0.15) is 0 Å².